The molecule has 0 heterocycles. The van der Waals surface area contributed by atoms with Crippen LogP contribution in [0.25, 0.3) is 0 Å². The quantitative estimate of drug-likeness (QED) is 0.365. The zero-order chi connectivity index (χ0) is 4.12. The van der Waals surface area contributed by atoms with Gasteiger partial charge < -0.3 is 0 Å². The van der Waals surface area contributed by atoms with Crippen LogP contribution < -0.4 is 0 Å². The van der Waals surface area contributed by atoms with Crippen LogP contribution in [-0.2, 0) is 0 Å². The molecule has 0 aromatic carbocycles. The molecule has 30 valence electrons. The van der Waals surface area contributed by atoms with Gasteiger partial charge in [-0.15, -0.1) is 11.6 Å². The highest BCUT2D eigenvalue weighted by atomic mass is 35.5. The predicted molar refractivity (Wildman–Crippen MR) is 28.3 cm³/mol. The Bertz CT molecular complexity index is 14.4. The third-order valence-corrected chi connectivity index (χ3v) is 2.26. The highest BCUT2D eigenvalue weighted by molar-refractivity contribution is 6.50. The number of hydrogen-bond acceptors (Lipinski definition) is 0. The Kier molecular flexibility index (Phi) is 5.62. The van der Waals surface area contributed by atoms with Crippen molar-refractivity contribution in [3.05, 3.63) is 0 Å². The van der Waals surface area contributed by atoms with E-state index in [0.29, 0.717) is 0 Å². The van der Waals surface area contributed by atoms with Gasteiger partial charge in [0, 0.05) is 0 Å². The van der Waals surface area contributed by atoms with E-state index >= 15 is 0 Å². The molecule has 0 fully saturated rings. The third-order valence-electron chi connectivity index (χ3n) is 0.487. The summed E-state index contributed by atoms with van der Waals surface area (Å²) >= 11 is 5.56. The molecule has 0 aromatic heterocycles. The molecule has 0 nitrogen and oxygen atoms in total. The summed E-state index contributed by atoms with van der Waals surface area (Å²) in [5, 5.41) is 1.35. The molecule has 0 aliphatic carbocycles. The van der Waals surface area contributed by atoms with Gasteiger partial charge in [0.1, 0.15) is 0 Å². The summed E-state index contributed by atoms with van der Waals surface area (Å²) in [6.07, 6.45) is 0. The average molecular weight is 107 g/mol. The molecule has 0 amide bonds. The molecular formula is C3H8AlCl. The Morgan fingerprint density at radius 3 is 2.40 bits per heavy atom. The molecule has 0 rings (SSSR count). The molecule has 0 radical (unpaired) electrons. The molecule has 0 aromatic rings. The van der Waals surface area contributed by atoms with Crippen LogP contribution >= 0.6 is 11.6 Å². The van der Waals surface area contributed by atoms with Crippen molar-refractivity contribution in [3.63, 3.8) is 0 Å². The van der Waals surface area contributed by atoms with Gasteiger partial charge in [-0.05, 0) is 4.74 Å². The summed E-state index contributed by atoms with van der Waals surface area (Å²) in [5.41, 5.74) is 0. The second kappa shape index (κ2) is 4.82. The Morgan fingerprint density at radius 2 is 2.40 bits per heavy atom. The van der Waals surface area contributed by atoms with Crippen LogP contribution in [0.4, 0.5) is 0 Å². The molecule has 0 atom stereocenters. The monoisotopic (exact) mass is 106 g/mol. The van der Waals surface area contributed by atoms with Crippen LogP contribution in [0, 0.1) is 0 Å². The van der Waals surface area contributed by atoms with E-state index in [2.05, 4.69) is 6.92 Å². The maximum absolute atomic E-state index is 5.36. The second-order valence-electron chi connectivity index (χ2n) is 1.04. The van der Waals surface area contributed by atoms with Crippen LogP contribution in [0.15, 0.2) is 0 Å². The number of halogens is 1. The lowest BCUT2D eigenvalue weighted by Gasteiger charge is -1.71. The molecule has 0 unspecified atom stereocenters. The lowest BCUT2D eigenvalue weighted by molar-refractivity contribution is 1.45. The van der Waals surface area contributed by atoms with Crippen molar-refractivity contribution in [2.75, 3.05) is 4.74 Å². The van der Waals surface area contributed by atoms with Crippen LogP contribution in [-0.4, -0.2) is 20.0 Å². The van der Waals surface area contributed by atoms with Crippen molar-refractivity contribution in [2.45, 2.75) is 12.2 Å². The molecular weight excluding hydrogens is 98.5 g/mol. The van der Waals surface area contributed by atoms with Gasteiger partial charge >= 0.3 is 0 Å². The Morgan fingerprint density at radius 1 is 1.80 bits per heavy atom. The van der Waals surface area contributed by atoms with E-state index in [1.54, 1.807) is 0 Å². The first-order chi connectivity index (χ1) is 2.41. The van der Waals surface area contributed by atoms with Crippen molar-refractivity contribution < 1.29 is 0 Å². The zero-order valence-electron chi connectivity index (χ0n) is 3.50. The first-order valence-corrected chi connectivity index (χ1v) is 4.51. The highest BCUT2D eigenvalue weighted by Crippen LogP contribution is 1.74. The Labute approximate surface area is 44.2 Å². The minimum Gasteiger partial charge on any atom is -0.143 e. The van der Waals surface area contributed by atoms with Crippen molar-refractivity contribution in [1.29, 1.82) is 0 Å². The molecule has 0 N–H and O–H groups in total. The molecule has 0 saturated heterocycles. The fourth-order valence-corrected chi connectivity index (χ4v) is 1.20. The van der Waals surface area contributed by atoms with Gasteiger partial charge in [-0.2, -0.15) is 0 Å². The Balaban J connectivity index is 2.19. The van der Waals surface area contributed by atoms with Crippen LogP contribution in [0.2, 0.25) is 5.28 Å². The first-order valence-electron chi connectivity index (χ1n) is 1.97. The van der Waals surface area contributed by atoms with Gasteiger partial charge in [-0.1, -0.05) is 12.2 Å². The third kappa shape index (κ3) is 4.82. The number of rotatable bonds is 2. The minimum absolute atomic E-state index is 0.198. The van der Waals surface area contributed by atoms with E-state index < -0.39 is 0 Å². The predicted octanol–water partition coefficient (Wildman–Crippen LogP) is 1.06. The topological polar surface area (TPSA) is 0 Å². The Hall–Kier alpha value is 0.822. The van der Waals surface area contributed by atoms with Crippen molar-refractivity contribution in [2.24, 2.45) is 0 Å². The fraction of sp³-hybridized carbons (Fsp3) is 1.00. The second-order valence-corrected chi connectivity index (χ2v) is 4.26. The molecule has 2 heteroatoms. The highest BCUT2D eigenvalue weighted by Gasteiger charge is 1.78. The summed E-state index contributed by atoms with van der Waals surface area (Å²) in [7, 11) is 0. The largest absolute Gasteiger partial charge is 0.258 e. The molecule has 0 aliphatic rings. The molecule has 0 aliphatic heterocycles. The average Bonchev–Trinajstić information content (AvgIpc) is 1.41. The summed E-state index contributed by atoms with van der Waals surface area (Å²) in [5.74, 6) is 0. The van der Waals surface area contributed by atoms with Gasteiger partial charge in [0.25, 0.3) is 15.2 Å². The van der Waals surface area contributed by atoms with E-state index in [1.165, 1.54) is 5.28 Å². The number of alkyl halides is 1. The maximum atomic E-state index is 5.36. The fourth-order valence-electron chi connectivity index (χ4n) is 0.134. The van der Waals surface area contributed by atoms with Gasteiger partial charge in [0.15, 0.2) is 0 Å². The lowest BCUT2D eigenvalue weighted by Crippen LogP contribution is -1.84. The number of hydrogen-bond donors (Lipinski definition) is 0. The van der Waals surface area contributed by atoms with Gasteiger partial charge in [-0.25, -0.2) is 0 Å². The van der Waals surface area contributed by atoms with Gasteiger partial charge in [0.05, 0.1) is 0 Å². The summed E-state index contributed by atoms with van der Waals surface area (Å²) in [6, 6.07) is 0. The van der Waals surface area contributed by atoms with Gasteiger partial charge in [0.2, 0.25) is 0 Å². The molecule has 5 heavy (non-hydrogen) atoms. The smallest absolute Gasteiger partial charge is 0.143 e. The maximum Gasteiger partial charge on any atom is 0.258 e. The van der Waals surface area contributed by atoms with Crippen LogP contribution in [0.3, 0.4) is 0 Å². The standard InChI is InChI=1S/C2H5.CH2Cl.Al.H/c2*1-2;;/h1H2,2H3;1H2;;. The molecule has 0 saturated carbocycles. The molecule has 0 spiro atoms. The van der Waals surface area contributed by atoms with E-state index in [1.807, 2.05) is 0 Å². The van der Waals surface area contributed by atoms with E-state index in [9.17, 15) is 0 Å². The summed E-state index contributed by atoms with van der Waals surface area (Å²) in [4.78, 5) is 0. The molecule has 0 bridgehead atoms. The minimum atomic E-state index is 0.198. The van der Waals surface area contributed by atoms with Crippen molar-refractivity contribution in [1.82, 2.24) is 0 Å². The lowest BCUT2D eigenvalue weighted by atomic mass is 11.0. The van der Waals surface area contributed by atoms with E-state index in [0.717, 1.165) is 4.74 Å². The zero-order valence-corrected chi connectivity index (χ0v) is 5.67. The van der Waals surface area contributed by atoms with E-state index in [-0.39, 0.29) is 15.2 Å². The van der Waals surface area contributed by atoms with Crippen LogP contribution in [0.5, 0.6) is 0 Å². The van der Waals surface area contributed by atoms with Gasteiger partial charge in [-0.3, -0.25) is 0 Å². The normalized spacial score (nSPS) is 7.60. The van der Waals surface area contributed by atoms with Crippen LogP contribution in [0.1, 0.15) is 6.92 Å². The van der Waals surface area contributed by atoms with Crippen molar-refractivity contribution >= 4 is 26.8 Å². The first kappa shape index (κ1) is 5.82. The van der Waals surface area contributed by atoms with Crippen molar-refractivity contribution in [3.8, 4) is 0 Å². The summed E-state index contributed by atoms with van der Waals surface area (Å²) < 4.78 is 0.955. The summed E-state index contributed by atoms with van der Waals surface area (Å²) in [6.45, 7) is 2.19. The SMILES string of the molecule is C[CH2][AlH][CH2]Cl. The van der Waals surface area contributed by atoms with E-state index in [4.69, 9.17) is 11.6 Å².